The predicted octanol–water partition coefficient (Wildman–Crippen LogP) is 1.44. The molecule has 1 N–H and O–H groups in total. The summed E-state index contributed by atoms with van der Waals surface area (Å²) in [6.45, 7) is 3.78. The van der Waals surface area contributed by atoms with Crippen LogP contribution in [0.15, 0.2) is 0 Å². The fourth-order valence-corrected chi connectivity index (χ4v) is 0. The second kappa shape index (κ2) is 1.94. The van der Waals surface area contributed by atoms with Crippen LogP contribution in [0.25, 0.3) is 0 Å². The van der Waals surface area contributed by atoms with Crippen molar-refractivity contribution in [1.29, 1.82) is 5.41 Å². The summed E-state index contributed by atoms with van der Waals surface area (Å²) in [5, 5.41) is 6.74. The van der Waals surface area contributed by atoms with Gasteiger partial charge in [-0.1, -0.05) is 6.92 Å². The number of hydrogen-bond donors (Lipinski definition) is 1. The Morgan fingerprint density at radius 1 is 1.80 bits per heavy atom. The van der Waals surface area contributed by atoms with Crippen LogP contribution < -0.4 is 0 Å². The zero-order valence-electron chi connectivity index (χ0n) is 3.71. The summed E-state index contributed by atoms with van der Waals surface area (Å²) in [7, 11) is 0. The zero-order chi connectivity index (χ0) is 4.28. The van der Waals surface area contributed by atoms with Crippen molar-refractivity contribution in [2.45, 2.75) is 20.3 Å². The van der Waals surface area contributed by atoms with Crippen LogP contribution in [0.4, 0.5) is 0 Å². The van der Waals surface area contributed by atoms with Crippen LogP contribution in [0.2, 0.25) is 0 Å². The quantitative estimate of drug-likeness (QED) is 0.452. The molecule has 0 saturated carbocycles. The minimum atomic E-state index is 0.755. The standard InChI is InChI=1S/C4H9N/c1-3-4(2)5/h5H,3H2,1-2H3. The largest absolute Gasteiger partial charge is 0.310 e. The normalized spacial score (nSPS) is 7.60. The monoisotopic (exact) mass is 71.1 g/mol. The molecular formula is C4H9N. The van der Waals surface area contributed by atoms with Gasteiger partial charge in [0.05, 0.1) is 0 Å². The van der Waals surface area contributed by atoms with E-state index in [1.807, 2.05) is 6.92 Å². The first-order valence-electron chi connectivity index (χ1n) is 1.81. The lowest BCUT2D eigenvalue weighted by Crippen LogP contribution is -1.78. The van der Waals surface area contributed by atoms with Gasteiger partial charge in [-0.2, -0.15) is 0 Å². The highest BCUT2D eigenvalue weighted by molar-refractivity contribution is 5.77. The first-order chi connectivity index (χ1) is 2.27. The van der Waals surface area contributed by atoms with Gasteiger partial charge in [0.15, 0.2) is 0 Å². The molecule has 0 amide bonds. The Morgan fingerprint density at radius 2 is 2.00 bits per heavy atom. The molecule has 0 unspecified atom stereocenters. The van der Waals surface area contributed by atoms with Crippen molar-refractivity contribution in [3.05, 3.63) is 0 Å². The topological polar surface area (TPSA) is 23.9 Å². The van der Waals surface area contributed by atoms with Gasteiger partial charge in [-0.05, 0) is 13.3 Å². The van der Waals surface area contributed by atoms with E-state index >= 15 is 0 Å². The molecule has 0 rings (SSSR count). The lowest BCUT2D eigenvalue weighted by atomic mass is 10.3. The van der Waals surface area contributed by atoms with E-state index in [-0.39, 0.29) is 0 Å². The van der Waals surface area contributed by atoms with E-state index in [2.05, 4.69) is 0 Å². The van der Waals surface area contributed by atoms with Crippen LogP contribution in [-0.2, 0) is 0 Å². The van der Waals surface area contributed by atoms with Crippen LogP contribution in [0, 0.1) is 5.41 Å². The first-order valence-corrected chi connectivity index (χ1v) is 1.81. The van der Waals surface area contributed by atoms with Crippen molar-refractivity contribution in [2.24, 2.45) is 0 Å². The molecule has 0 bridgehead atoms. The van der Waals surface area contributed by atoms with Gasteiger partial charge >= 0.3 is 0 Å². The smallest absolute Gasteiger partial charge is 0.00554 e. The van der Waals surface area contributed by atoms with E-state index in [9.17, 15) is 0 Å². The number of rotatable bonds is 1. The van der Waals surface area contributed by atoms with Crippen molar-refractivity contribution in [2.75, 3.05) is 0 Å². The van der Waals surface area contributed by atoms with Crippen LogP contribution >= 0.6 is 0 Å². The summed E-state index contributed by atoms with van der Waals surface area (Å²) in [5.41, 5.74) is 0.755. The average Bonchev–Trinajstić information content (AvgIpc) is 1.38. The molecule has 0 heterocycles. The third kappa shape index (κ3) is 3.67. The third-order valence-corrected chi connectivity index (χ3v) is 0.530. The maximum Gasteiger partial charge on any atom is 0.00554 e. The first kappa shape index (κ1) is 4.67. The van der Waals surface area contributed by atoms with Crippen molar-refractivity contribution in [3.63, 3.8) is 0 Å². The van der Waals surface area contributed by atoms with Gasteiger partial charge in [-0.15, -0.1) is 0 Å². The van der Waals surface area contributed by atoms with Crippen LogP contribution in [0.5, 0.6) is 0 Å². The molecule has 0 aliphatic heterocycles. The maximum atomic E-state index is 6.74. The molecule has 0 fully saturated rings. The molecule has 1 nitrogen and oxygen atoms in total. The Hall–Kier alpha value is -0.330. The average molecular weight is 71.1 g/mol. The summed E-state index contributed by atoms with van der Waals surface area (Å²) in [6.07, 6.45) is 0.889. The van der Waals surface area contributed by atoms with Crippen molar-refractivity contribution >= 4 is 5.71 Å². The molecule has 5 heavy (non-hydrogen) atoms. The molecule has 30 valence electrons. The molecule has 0 aromatic rings. The Balaban J connectivity index is 2.85. The van der Waals surface area contributed by atoms with Crippen LogP contribution in [0.1, 0.15) is 20.3 Å². The molecule has 0 aromatic heterocycles. The molecule has 0 aliphatic carbocycles. The van der Waals surface area contributed by atoms with Crippen molar-refractivity contribution in [3.8, 4) is 0 Å². The lowest BCUT2D eigenvalue weighted by Gasteiger charge is -1.77. The van der Waals surface area contributed by atoms with Crippen LogP contribution in [0.3, 0.4) is 0 Å². The summed E-state index contributed by atoms with van der Waals surface area (Å²) in [6, 6.07) is 0. The highest BCUT2D eigenvalue weighted by atomic mass is 14.4. The molecular weight excluding hydrogens is 62.1 g/mol. The van der Waals surface area contributed by atoms with Gasteiger partial charge < -0.3 is 5.41 Å². The summed E-state index contributed by atoms with van der Waals surface area (Å²) in [5.74, 6) is 0. The number of nitrogens with one attached hydrogen (secondary N) is 1. The second-order valence-corrected chi connectivity index (χ2v) is 1.13. The van der Waals surface area contributed by atoms with Gasteiger partial charge in [0.25, 0.3) is 0 Å². The maximum absolute atomic E-state index is 6.74. The SMILES string of the molecule is CCC(C)=N. The Morgan fingerprint density at radius 3 is 2.00 bits per heavy atom. The minimum Gasteiger partial charge on any atom is -0.310 e. The second-order valence-electron chi connectivity index (χ2n) is 1.13. The molecule has 0 atom stereocenters. The third-order valence-electron chi connectivity index (χ3n) is 0.530. The van der Waals surface area contributed by atoms with E-state index < -0.39 is 0 Å². The Kier molecular flexibility index (Phi) is 1.81. The van der Waals surface area contributed by atoms with Crippen molar-refractivity contribution < 1.29 is 0 Å². The van der Waals surface area contributed by atoms with E-state index in [0.29, 0.717) is 0 Å². The number of hydrogen-bond acceptors (Lipinski definition) is 1. The lowest BCUT2D eigenvalue weighted by molar-refractivity contribution is 1.23. The highest BCUT2D eigenvalue weighted by Crippen LogP contribution is 1.72. The zero-order valence-corrected chi connectivity index (χ0v) is 3.71. The van der Waals surface area contributed by atoms with Gasteiger partial charge in [0, 0.05) is 5.71 Å². The molecule has 0 spiro atoms. The van der Waals surface area contributed by atoms with Crippen LogP contribution in [-0.4, -0.2) is 5.71 Å². The fourth-order valence-electron chi connectivity index (χ4n) is 0. The van der Waals surface area contributed by atoms with E-state index in [4.69, 9.17) is 5.41 Å². The molecule has 1 heteroatoms. The Bertz CT molecular complexity index is 38.9. The van der Waals surface area contributed by atoms with E-state index in [1.54, 1.807) is 6.92 Å². The summed E-state index contributed by atoms with van der Waals surface area (Å²) < 4.78 is 0. The minimum absolute atomic E-state index is 0.755. The van der Waals surface area contributed by atoms with Gasteiger partial charge in [-0.25, -0.2) is 0 Å². The summed E-state index contributed by atoms with van der Waals surface area (Å²) in [4.78, 5) is 0. The molecule has 0 saturated heterocycles. The van der Waals surface area contributed by atoms with Gasteiger partial charge in [-0.3, -0.25) is 0 Å². The molecule has 0 aromatic carbocycles. The predicted molar refractivity (Wildman–Crippen MR) is 23.7 cm³/mol. The van der Waals surface area contributed by atoms with Gasteiger partial charge in [0.1, 0.15) is 0 Å². The fraction of sp³-hybridized carbons (Fsp3) is 0.750. The summed E-state index contributed by atoms with van der Waals surface area (Å²) >= 11 is 0. The Labute approximate surface area is 32.5 Å². The van der Waals surface area contributed by atoms with Gasteiger partial charge in [0.2, 0.25) is 0 Å². The molecule has 0 aliphatic rings. The van der Waals surface area contributed by atoms with E-state index in [1.165, 1.54) is 0 Å². The van der Waals surface area contributed by atoms with Crippen molar-refractivity contribution in [1.82, 2.24) is 0 Å². The van der Waals surface area contributed by atoms with E-state index in [0.717, 1.165) is 12.1 Å². The molecule has 0 radical (unpaired) electrons. The highest BCUT2D eigenvalue weighted by Gasteiger charge is 1.70.